The highest BCUT2D eigenvalue weighted by Crippen LogP contribution is 2.48. The number of ether oxygens (including phenoxy) is 1. The number of fused-ring (bicyclic) bond motifs is 1. The predicted molar refractivity (Wildman–Crippen MR) is 79.1 cm³/mol. The number of nitrogens with zero attached hydrogens (tertiary/aromatic N) is 1. The summed E-state index contributed by atoms with van der Waals surface area (Å²) in [6.45, 7) is 0. The zero-order valence-electron chi connectivity index (χ0n) is 11.6. The van der Waals surface area contributed by atoms with Gasteiger partial charge in [0.05, 0.1) is 5.69 Å². The Morgan fingerprint density at radius 3 is 2.57 bits per heavy atom. The lowest BCUT2D eigenvalue weighted by molar-refractivity contribution is -0.134. The highest BCUT2D eigenvalue weighted by Gasteiger charge is 2.52. The van der Waals surface area contributed by atoms with Gasteiger partial charge in [-0.2, -0.15) is 0 Å². The van der Waals surface area contributed by atoms with Crippen molar-refractivity contribution in [2.75, 3.05) is 19.1 Å². The number of amides is 1. The van der Waals surface area contributed by atoms with Crippen LogP contribution in [0.5, 0.6) is 0 Å². The fraction of sp³-hybridized carbons (Fsp3) is 0.188. The van der Waals surface area contributed by atoms with Gasteiger partial charge in [0.15, 0.2) is 0 Å². The average Bonchev–Trinajstić information content (AvgIpc) is 2.69. The molecule has 1 heterocycles. The molecule has 1 unspecified atom stereocenters. The van der Waals surface area contributed by atoms with Gasteiger partial charge in [0.25, 0.3) is 5.91 Å². The summed E-state index contributed by atoms with van der Waals surface area (Å²) in [5.41, 5.74) is 0.175. The second kappa shape index (κ2) is 4.83. The van der Waals surface area contributed by atoms with Crippen LogP contribution in [0, 0.1) is 5.82 Å². The molecule has 1 aliphatic rings. The zero-order valence-corrected chi connectivity index (χ0v) is 12.3. The number of hydrogen-bond donors (Lipinski definition) is 0. The summed E-state index contributed by atoms with van der Waals surface area (Å²) in [7, 11) is 3.06. The van der Waals surface area contributed by atoms with Gasteiger partial charge in [0.1, 0.15) is 5.82 Å². The van der Waals surface area contributed by atoms with E-state index in [1.807, 2.05) is 0 Å². The van der Waals surface area contributed by atoms with E-state index in [-0.39, 0.29) is 5.91 Å². The number of likely N-dealkylation sites (N-methyl/N-ethyl adjacent to an activating group) is 1. The number of methoxy groups -OCH3 is 1. The van der Waals surface area contributed by atoms with Crippen molar-refractivity contribution in [2.45, 2.75) is 5.60 Å². The minimum Gasteiger partial charge on any atom is -0.359 e. The zero-order chi connectivity index (χ0) is 15.2. The Balaban J connectivity index is 2.36. The molecule has 3 nitrogen and oxygen atoms in total. The summed E-state index contributed by atoms with van der Waals surface area (Å²) < 4.78 is 19.3. The molecule has 2 aromatic rings. The van der Waals surface area contributed by atoms with Gasteiger partial charge in [-0.1, -0.05) is 29.8 Å². The first-order chi connectivity index (χ1) is 10.0. The van der Waals surface area contributed by atoms with Gasteiger partial charge in [0.2, 0.25) is 5.60 Å². The van der Waals surface area contributed by atoms with Gasteiger partial charge in [-0.25, -0.2) is 4.39 Å². The van der Waals surface area contributed by atoms with Crippen LogP contribution in [0.1, 0.15) is 11.1 Å². The van der Waals surface area contributed by atoms with E-state index in [9.17, 15) is 9.18 Å². The maximum Gasteiger partial charge on any atom is 0.268 e. The van der Waals surface area contributed by atoms with E-state index in [2.05, 4.69) is 0 Å². The van der Waals surface area contributed by atoms with Gasteiger partial charge in [-0.05, 0) is 24.3 Å². The lowest BCUT2D eigenvalue weighted by Crippen LogP contribution is -2.41. The van der Waals surface area contributed by atoms with Gasteiger partial charge < -0.3 is 9.64 Å². The Kier molecular flexibility index (Phi) is 3.23. The monoisotopic (exact) mass is 305 g/mol. The van der Waals surface area contributed by atoms with Gasteiger partial charge in [-0.15, -0.1) is 0 Å². The van der Waals surface area contributed by atoms with Crippen LogP contribution in [0.4, 0.5) is 10.1 Å². The van der Waals surface area contributed by atoms with Crippen LogP contribution >= 0.6 is 11.6 Å². The third-order valence-electron chi connectivity index (χ3n) is 3.86. The summed E-state index contributed by atoms with van der Waals surface area (Å²) >= 11 is 6.25. The molecule has 0 spiro atoms. The topological polar surface area (TPSA) is 29.5 Å². The highest BCUT2D eigenvalue weighted by molar-refractivity contribution is 6.32. The number of halogens is 2. The van der Waals surface area contributed by atoms with Crippen LogP contribution in [-0.4, -0.2) is 20.1 Å². The SMILES string of the molecule is COC1(c2ccccc2Cl)C(=O)N(C)c2ccc(F)cc21. The summed E-state index contributed by atoms with van der Waals surface area (Å²) in [6.07, 6.45) is 0. The van der Waals surface area contributed by atoms with Crippen molar-refractivity contribution >= 4 is 23.2 Å². The molecule has 0 aromatic heterocycles. The first-order valence-electron chi connectivity index (χ1n) is 6.40. The maximum atomic E-state index is 13.7. The molecule has 0 N–H and O–H groups in total. The van der Waals surface area contributed by atoms with Crippen molar-refractivity contribution in [1.29, 1.82) is 0 Å². The van der Waals surface area contributed by atoms with Crippen LogP contribution in [-0.2, 0) is 15.1 Å². The Morgan fingerprint density at radius 2 is 1.90 bits per heavy atom. The smallest absolute Gasteiger partial charge is 0.268 e. The molecule has 0 bridgehead atoms. The Hall–Kier alpha value is -1.91. The summed E-state index contributed by atoms with van der Waals surface area (Å²) in [5.74, 6) is -0.718. The molecule has 5 heteroatoms. The first kappa shape index (κ1) is 14.0. The second-order valence-corrected chi connectivity index (χ2v) is 5.30. The largest absolute Gasteiger partial charge is 0.359 e. The molecular weight excluding hydrogens is 293 g/mol. The van der Waals surface area contributed by atoms with Gasteiger partial charge in [0, 0.05) is 30.3 Å². The van der Waals surface area contributed by atoms with Gasteiger partial charge in [-0.3, -0.25) is 4.79 Å². The Morgan fingerprint density at radius 1 is 1.19 bits per heavy atom. The summed E-state index contributed by atoms with van der Waals surface area (Å²) in [5, 5.41) is 0.401. The molecule has 1 aliphatic heterocycles. The first-order valence-corrected chi connectivity index (χ1v) is 6.78. The molecule has 0 saturated heterocycles. The van der Waals surface area contributed by atoms with E-state index < -0.39 is 11.4 Å². The molecule has 108 valence electrons. The molecule has 2 aromatic carbocycles. The minimum atomic E-state index is -1.41. The number of anilines is 1. The van der Waals surface area contributed by atoms with Crippen LogP contribution in [0.2, 0.25) is 5.02 Å². The summed E-state index contributed by atoms with van der Waals surface area (Å²) in [6, 6.07) is 11.2. The quantitative estimate of drug-likeness (QED) is 0.851. The third-order valence-corrected chi connectivity index (χ3v) is 4.19. The normalized spacial score (nSPS) is 20.8. The van der Waals surface area contributed by atoms with E-state index in [0.29, 0.717) is 21.8 Å². The minimum absolute atomic E-state index is 0.293. The number of rotatable bonds is 2. The van der Waals surface area contributed by atoms with Crippen molar-refractivity contribution < 1.29 is 13.9 Å². The van der Waals surface area contributed by atoms with Crippen LogP contribution in [0.3, 0.4) is 0 Å². The van der Waals surface area contributed by atoms with Crippen molar-refractivity contribution in [2.24, 2.45) is 0 Å². The summed E-state index contributed by atoms with van der Waals surface area (Å²) in [4.78, 5) is 14.3. The van der Waals surface area contributed by atoms with Crippen molar-refractivity contribution in [1.82, 2.24) is 0 Å². The Bertz CT molecular complexity index is 734. The predicted octanol–water partition coefficient (Wildman–Crippen LogP) is 3.35. The number of hydrogen-bond acceptors (Lipinski definition) is 2. The van der Waals surface area contributed by atoms with E-state index in [1.54, 1.807) is 37.4 Å². The number of carbonyl (C=O) groups excluding carboxylic acids is 1. The molecule has 1 amide bonds. The Labute approximate surface area is 126 Å². The van der Waals surface area contributed by atoms with Crippen molar-refractivity contribution in [3.63, 3.8) is 0 Å². The third kappa shape index (κ3) is 1.79. The van der Waals surface area contributed by atoms with Crippen LogP contribution in [0.15, 0.2) is 42.5 Å². The maximum absolute atomic E-state index is 13.7. The van der Waals surface area contributed by atoms with E-state index in [4.69, 9.17) is 16.3 Å². The number of carbonyl (C=O) groups is 1. The fourth-order valence-corrected chi connectivity index (χ4v) is 3.13. The molecule has 21 heavy (non-hydrogen) atoms. The highest BCUT2D eigenvalue weighted by atomic mass is 35.5. The van der Waals surface area contributed by atoms with Crippen molar-refractivity contribution in [3.8, 4) is 0 Å². The molecule has 0 saturated carbocycles. The molecule has 0 fully saturated rings. The molecule has 0 aliphatic carbocycles. The van der Waals surface area contributed by atoms with Crippen LogP contribution in [0.25, 0.3) is 0 Å². The van der Waals surface area contributed by atoms with Crippen LogP contribution < -0.4 is 4.90 Å². The lowest BCUT2D eigenvalue weighted by Gasteiger charge is -2.28. The molecular formula is C16H13ClFNO2. The van der Waals surface area contributed by atoms with Crippen molar-refractivity contribution in [3.05, 3.63) is 64.4 Å². The molecule has 3 rings (SSSR count). The van der Waals surface area contributed by atoms with Gasteiger partial charge >= 0.3 is 0 Å². The lowest BCUT2D eigenvalue weighted by atomic mass is 9.87. The molecule has 0 radical (unpaired) electrons. The standard InChI is InChI=1S/C16H13ClFNO2/c1-19-14-8-7-10(18)9-12(14)16(21-2,15(19)20)11-5-3-4-6-13(11)17/h3-9H,1-2H3. The average molecular weight is 306 g/mol. The second-order valence-electron chi connectivity index (χ2n) is 4.89. The fourth-order valence-electron chi connectivity index (χ4n) is 2.86. The number of benzene rings is 2. The van der Waals surface area contributed by atoms with E-state index in [0.717, 1.165) is 0 Å². The molecule has 1 atom stereocenters. The van der Waals surface area contributed by atoms with E-state index in [1.165, 1.54) is 24.1 Å². The van der Waals surface area contributed by atoms with E-state index >= 15 is 0 Å².